The maximum absolute atomic E-state index is 12.8. The molecule has 0 radical (unpaired) electrons. The molecule has 3 aromatic rings. The van der Waals surface area contributed by atoms with Gasteiger partial charge in [-0.3, -0.25) is 14.5 Å². The number of carbonyl (C=O) groups excluding carboxylic acids is 2. The van der Waals surface area contributed by atoms with Crippen molar-refractivity contribution in [1.29, 1.82) is 0 Å². The fourth-order valence-corrected chi connectivity index (χ4v) is 4.41. The van der Waals surface area contributed by atoms with Crippen molar-refractivity contribution >= 4 is 67.7 Å². The first-order valence-electron chi connectivity index (χ1n) is 8.67. The highest BCUT2D eigenvalue weighted by Gasteiger charge is 2.33. The van der Waals surface area contributed by atoms with Crippen LogP contribution in [-0.4, -0.2) is 16.0 Å². The molecule has 144 valence electrons. The first kappa shape index (κ1) is 19.8. The van der Waals surface area contributed by atoms with E-state index in [4.69, 9.17) is 16.6 Å². The van der Waals surface area contributed by atoms with Gasteiger partial charge >= 0.3 is 0 Å². The van der Waals surface area contributed by atoms with E-state index in [2.05, 4.69) is 15.9 Å². The number of anilines is 1. The minimum Gasteiger partial charge on any atom is -0.457 e. The quantitative estimate of drug-likeness (QED) is 0.247. The Balaban J connectivity index is 1.57. The predicted molar refractivity (Wildman–Crippen MR) is 124 cm³/mol. The SMILES string of the molecule is CC(=O)c1ccc(-c2ccc(/C=C3/SC(=S)N(c4ccc(Br)cc4)C3=O)o2)cc1. The van der Waals surface area contributed by atoms with Crippen LogP contribution in [0.2, 0.25) is 0 Å². The molecular formula is C22H14BrNO3S2. The average Bonchev–Trinajstić information content (AvgIpc) is 3.28. The van der Waals surface area contributed by atoms with Gasteiger partial charge in [0.1, 0.15) is 11.5 Å². The highest BCUT2D eigenvalue weighted by molar-refractivity contribution is 9.10. The molecule has 4 nitrogen and oxygen atoms in total. The van der Waals surface area contributed by atoms with Crippen molar-refractivity contribution in [2.45, 2.75) is 6.92 Å². The van der Waals surface area contributed by atoms with E-state index in [1.165, 1.54) is 23.6 Å². The molecule has 1 saturated heterocycles. The van der Waals surface area contributed by atoms with E-state index in [1.807, 2.05) is 42.5 Å². The summed E-state index contributed by atoms with van der Waals surface area (Å²) in [5, 5.41) is 0. The van der Waals surface area contributed by atoms with Crippen LogP contribution < -0.4 is 4.90 Å². The second-order valence-electron chi connectivity index (χ2n) is 6.33. The number of Topliss-reactive ketones (excluding diaryl/α,β-unsaturated/α-hetero) is 1. The normalized spacial score (nSPS) is 15.4. The number of hydrogen-bond acceptors (Lipinski definition) is 5. The van der Waals surface area contributed by atoms with Gasteiger partial charge in [-0.15, -0.1) is 0 Å². The minimum absolute atomic E-state index is 0.0180. The molecule has 29 heavy (non-hydrogen) atoms. The number of furan rings is 1. The standard InChI is InChI=1S/C22H14BrNO3S2/c1-13(25)14-2-4-15(5-3-14)19-11-10-18(27-19)12-20-21(26)24(22(28)29-20)17-8-6-16(23)7-9-17/h2-12H,1H3/b20-12+. The van der Waals surface area contributed by atoms with Crippen LogP contribution >= 0.6 is 39.9 Å². The lowest BCUT2D eigenvalue weighted by Crippen LogP contribution is -2.27. The summed E-state index contributed by atoms with van der Waals surface area (Å²) in [6, 6.07) is 18.3. The molecule has 0 saturated carbocycles. The molecule has 0 spiro atoms. The Morgan fingerprint density at radius 1 is 1.07 bits per heavy atom. The third-order valence-corrected chi connectivity index (χ3v) is 6.19. The van der Waals surface area contributed by atoms with Crippen LogP contribution in [0.3, 0.4) is 0 Å². The van der Waals surface area contributed by atoms with Crippen molar-refractivity contribution < 1.29 is 14.0 Å². The molecule has 2 heterocycles. The molecule has 1 aliphatic heterocycles. The van der Waals surface area contributed by atoms with Crippen LogP contribution in [0.25, 0.3) is 17.4 Å². The number of amides is 1. The fourth-order valence-electron chi connectivity index (χ4n) is 2.86. The topological polar surface area (TPSA) is 50.5 Å². The summed E-state index contributed by atoms with van der Waals surface area (Å²) < 4.78 is 7.29. The molecule has 0 unspecified atom stereocenters. The number of benzene rings is 2. The van der Waals surface area contributed by atoms with Gasteiger partial charge in [0.25, 0.3) is 5.91 Å². The Morgan fingerprint density at radius 2 is 1.76 bits per heavy atom. The monoisotopic (exact) mass is 483 g/mol. The summed E-state index contributed by atoms with van der Waals surface area (Å²) in [5.74, 6) is 1.07. The molecule has 2 aromatic carbocycles. The molecule has 0 atom stereocenters. The van der Waals surface area contributed by atoms with Crippen molar-refractivity contribution in [2.24, 2.45) is 0 Å². The van der Waals surface area contributed by atoms with Gasteiger partial charge in [0, 0.05) is 21.7 Å². The molecular weight excluding hydrogens is 470 g/mol. The molecule has 0 N–H and O–H groups in total. The second-order valence-corrected chi connectivity index (χ2v) is 8.92. The van der Waals surface area contributed by atoms with Crippen molar-refractivity contribution in [3.8, 4) is 11.3 Å². The predicted octanol–water partition coefficient (Wildman–Crippen LogP) is 6.32. The summed E-state index contributed by atoms with van der Waals surface area (Å²) >= 11 is 10.0. The lowest BCUT2D eigenvalue weighted by molar-refractivity contribution is -0.113. The van der Waals surface area contributed by atoms with Crippen LogP contribution in [0.5, 0.6) is 0 Å². The van der Waals surface area contributed by atoms with E-state index >= 15 is 0 Å². The Hall–Kier alpha value is -2.48. The largest absolute Gasteiger partial charge is 0.457 e. The van der Waals surface area contributed by atoms with Crippen LogP contribution in [0.1, 0.15) is 23.0 Å². The fraction of sp³-hybridized carbons (Fsp3) is 0.0455. The minimum atomic E-state index is -0.175. The van der Waals surface area contributed by atoms with E-state index in [1.54, 1.807) is 24.3 Å². The summed E-state index contributed by atoms with van der Waals surface area (Å²) in [7, 11) is 0. The van der Waals surface area contributed by atoms with Crippen LogP contribution in [0.4, 0.5) is 5.69 Å². The zero-order valence-electron chi connectivity index (χ0n) is 15.2. The first-order valence-corrected chi connectivity index (χ1v) is 10.7. The van der Waals surface area contributed by atoms with Gasteiger partial charge in [-0.25, -0.2) is 0 Å². The number of halogens is 1. The number of nitrogens with zero attached hydrogens (tertiary/aromatic N) is 1. The number of hydrogen-bond donors (Lipinski definition) is 0. The highest BCUT2D eigenvalue weighted by atomic mass is 79.9. The van der Waals surface area contributed by atoms with Crippen molar-refractivity contribution in [3.63, 3.8) is 0 Å². The molecule has 1 aliphatic rings. The number of thioether (sulfide) groups is 1. The number of carbonyl (C=O) groups is 2. The van der Waals surface area contributed by atoms with Crippen LogP contribution in [0, 0.1) is 0 Å². The molecule has 0 bridgehead atoms. The maximum atomic E-state index is 12.8. The average molecular weight is 484 g/mol. The third-order valence-electron chi connectivity index (χ3n) is 4.35. The highest BCUT2D eigenvalue weighted by Crippen LogP contribution is 2.37. The van der Waals surface area contributed by atoms with Gasteiger partial charge in [-0.1, -0.05) is 64.2 Å². The van der Waals surface area contributed by atoms with Crippen LogP contribution in [0.15, 0.2) is 74.5 Å². The van der Waals surface area contributed by atoms with Gasteiger partial charge in [-0.2, -0.15) is 0 Å². The van der Waals surface area contributed by atoms with Crippen molar-refractivity contribution in [3.05, 3.63) is 81.4 Å². The lowest BCUT2D eigenvalue weighted by Gasteiger charge is -2.14. The Morgan fingerprint density at radius 3 is 2.41 bits per heavy atom. The van der Waals surface area contributed by atoms with Gasteiger partial charge in [0.2, 0.25) is 0 Å². The Bertz CT molecular complexity index is 1150. The summed E-state index contributed by atoms with van der Waals surface area (Å²) in [6.07, 6.45) is 1.70. The lowest BCUT2D eigenvalue weighted by atomic mass is 10.1. The van der Waals surface area contributed by atoms with E-state index in [0.717, 1.165) is 15.7 Å². The smallest absolute Gasteiger partial charge is 0.270 e. The molecule has 7 heteroatoms. The second kappa shape index (κ2) is 8.10. The zero-order chi connectivity index (χ0) is 20.5. The summed E-state index contributed by atoms with van der Waals surface area (Å²) in [5.41, 5.74) is 2.24. The molecule has 0 aliphatic carbocycles. The van der Waals surface area contributed by atoms with Crippen molar-refractivity contribution in [2.75, 3.05) is 4.90 Å². The Kier molecular flexibility index (Phi) is 5.54. The molecule has 1 fully saturated rings. The number of rotatable bonds is 4. The van der Waals surface area contributed by atoms with E-state index in [-0.39, 0.29) is 11.7 Å². The maximum Gasteiger partial charge on any atom is 0.270 e. The molecule has 1 amide bonds. The zero-order valence-corrected chi connectivity index (χ0v) is 18.4. The van der Waals surface area contributed by atoms with Gasteiger partial charge < -0.3 is 4.42 Å². The van der Waals surface area contributed by atoms with E-state index in [0.29, 0.717) is 26.3 Å². The number of ketones is 1. The molecule has 4 rings (SSSR count). The third kappa shape index (κ3) is 4.12. The first-order chi connectivity index (χ1) is 13.9. The number of thiocarbonyl (C=S) groups is 1. The van der Waals surface area contributed by atoms with Gasteiger partial charge in [0.05, 0.1) is 10.6 Å². The van der Waals surface area contributed by atoms with Gasteiger partial charge in [0.15, 0.2) is 10.1 Å². The summed E-state index contributed by atoms with van der Waals surface area (Å²) in [4.78, 5) is 26.3. The van der Waals surface area contributed by atoms with Crippen molar-refractivity contribution in [1.82, 2.24) is 0 Å². The Labute approximate surface area is 185 Å². The van der Waals surface area contributed by atoms with E-state index < -0.39 is 0 Å². The summed E-state index contributed by atoms with van der Waals surface area (Å²) in [6.45, 7) is 1.53. The van der Waals surface area contributed by atoms with Crippen LogP contribution in [-0.2, 0) is 4.79 Å². The van der Waals surface area contributed by atoms with Gasteiger partial charge in [-0.05, 0) is 43.3 Å². The molecule has 1 aromatic heterocycles. The van der Waals surface area contributed by atoms with E-state index in [9.17, 15) is 9.59 Å².